The standard InChI is InChI=1S/C22H23N3/c23-22(12-9-15-7-8-16-10-13-24-20(16)14-15)11-3-5-18-17-4-1-2-6-19(17)25-21(18)22/h1-2,4,6-8,10,13-14,24-25H,3,5,9,11-12,23H2. The quantitative estimate of drug-likeness (QED) is 0.498. The third-order valence-electron chi connectivity index (χ3n) is 5.84. The molecule has 0 bridgehead atoms. The number of fused-ring (bicyclic) bond motifs is 4. The maximum Gasteiger partial charge on any atom is 0.0568 e. The minimum absolute atomic E-state index is 0.253. The van der Waals surface area contributed by atoms with E-state index < -0.39 is 0 Å². The number of H-pyrrole nitrogens is 2. The molecule has 5 rings (SSSR count). The molecule has 0 aliphatic heterocycles. The zero-order chi connectivity index (χ0) is 16.9. The van der Waals surface area contributed by atoms with Gasteiger partial charge in [-0.2, -0.15) is 0 Å². The second-order valence-electron chi connectivity index (χ2n) is 7.43. The van der Waals surface area contributed by atoms with E-state index in [-0.39, 0.29) is 5.54 Å². The molecule has 25 heavy (non-hydrogen) atoms. The summed E-state index contributed by atoms with van der Waals surface area (Å²) in [6.45, 7) is 0. The largest absolute Gasteiger partial charge is 0.361 e. The van der Waals surface area contributed by atoms with Gasteiger partial charge in [0.2, 0.25) is 0 Å². The fourth-order valence-electron chi connectivity index (χ4n) is 4.46. The number of para-hydroxylation sites is 1. The molecule has 0 saturated carbocycles. The first-order valence-electron chi connectivity index (χ1n) is 9.18. The summed E-state index contributed by atoms with van der Waals surface area (Å²) in [5.74, 6) is 0. The molecule has 4 aromatic rings. The molecular weight excluding hydrogens is 306 g/mol. The van der Waals surface area contributed by atoms with Crippen molar-refractivity contribution in [3.05, 3.63) is 71.5 Å². The summed E-state index contributed by atoms with van der Waals surface area (Å²) in [5, 5.41) is 2.61. The van der Waals surface area contributed by atoms with E-state index in [4.69, 9.17) is 5.73 Å². The summed E-state index contributed by atoms with van der Waals surface area (Å²) in [4.78, 5) is 6.94. The SMILES string of the molecule is NC1(CCc2ccc3cc[nH]c3c2)CCCc2c1[nH]c1ccccc21. The Hall–Kier alpha value is -2.52. The number of nitrogens with one attached hydrogen (secondary N) is 2. The lowest BCUT2D eigenvalue weighted by molar-refractivity contribution is 0.339. The van der Waals surface area contributed by atoms with Gasteiger partial charge in [0.25, 0.3) is 0 Å². The van der Waals surface area contributed by atoms with Crippen molar-refractivity contribution < 1.29 is 0 Å². The van der Waals surface area contributed by atoms with E-state index in [0.717, 1.165) is 25.7 Å². The highest BCUT2D eigenvalue weighted by Crippen LogP contribution is 2.39. The molecule has 126 valence electrons. The maximum absolute atomic E-state index is 6.94. The van der Waals surface area contributed by atoms with Gasteiger partial charge in [0.15, 0.2) is 0 Å². The van der Waals surface area contributed by atoms with Gasteiger partial charge in [0.05, 0.1) is 5.54 Å². The zero-order valence-corrected chi connectivity index (χ0v) is 14.3. The highest BCUT2D eigenvalue weighted by atomic mass is 14.9. The van der Waals surface area contributed by atoms with Gasteiger partial charge in [-0.1, -0.05) is 30.3 Å². The average molecular weight is 329 g/mol. The van der Waals surface area contributed by atoms with Gasteiger partial charge in [0.1, 0.15) is 0 Å². The topological polar surface area (TPSA) is 57.6 Å². The lowest BCUT2D eigenvalue weighted by Crippen LogP contribution is -2.40. The predicted molar refractivity (Wildman–Crippen MR) is 104 cm³/mol. The van der Waals surface area contributed by atoms with Crippen LogP contribution in [0.1, 0.15) is 36.1 Å². The molecule has 0 amide bonds. The van der Waals surface area contributed by atoms with E-state index in [1.54, 1.807) is 0 Å². The molecule has 0 radical (unpaired) electrons. The van der Waals surface area contributed by atoms with E-state index in [9.17, 15) is 0 Å². The normalized spacial score (nSPS) is 20.2. The van der Waals surface area contributed by atoms with Gasteiger partial charge in [0, 0.05) is 28.3 Å². The van der Waals surface area contributed by atoms with Gasteiger partial charge < -0.3 is 15.7 Å². The first kappa shape index (κ1) is 14.8. The number of hydrogen-bond acceptors (Lipinski definition) is 1. The Balaban J connectivity index is 1.47. The Morgan fingerprint density at radius 1 is 1.04 bits per heavy atom. The van der Waals surface area contributed by atoms with E-state index in [1.807, 2.05) is 6.20 Å². The maximum atomic E-state index is 6.94. The number of benzene rings is 2. The second kappa shape index (κ2) is 5.50. The molecular formula is C22H23N3. The van der Waals surface area contributed by atoms with Crippen LogP contribution >= 0.6 is 0 Å². The number of aromatic nitrogens is 2. The Kier molecular flexibility index (Phi) is 3.25. The molecule has 1 atom stereocenters. The third-order valence-corrected chi connectivity index (χ3v) is 5.84. The molecule has 2 heterocycles. The molecule has 1 unspecified atom stereocenters. The molecule has 3 heteroatoms. The van der Waals surface area contributed by atoms with Crippen molar-refractivity contribution in [3.63, 3.8) is 0 Å². The minimum Gasteiger partial charge on any atom is -0.361 e. The number of nitrogens with two attached hydrogens (primary N) is 1. The Morgan fingerprint density at radius 3 is 2.92 bits per heavy atom. The number of aryl methyl sites for hydroxylation is 2. The summed E-state index contributed by atoms with van der Waals surface area (Å²) in [6, 6.07) is 17.4. The van der Waals surface area contributed by atoms with Crippen LogP contribution in [0, 0.1) is 0 Å². The molecule has 2 aromatic carbocycles. The van der Waals surface area contributed by atoms with Crippen LogP contribution in [0.2, 0.25) is 0 Å². The predicted octanol–water partition coefficient (Wildman–Crippen LogP) is 4.77. The molecule has 1 aliphatic rings. The first-order valence-corrected chi connectivity index (χ1v) is 9.18. The van der Waals surface area contributed by atoms with Crippen molar-refractivity contribution in [2.75, 3.05) is 0 Å². The van der Waals surface area contributed by atoms with Gasteiger partial charge in [-0.3, -0.25) is 0 Å². The fraction of sp³-hybridized carbons (Fsp3) is 0.273. The number of aromatic amines is 2. The minimum atomic E-state index is -0.253. The van der Waals surface area contributed by atoms with Crippen molar-refractivity contribution in [1.29, 1.82) is 0 Å². The Labute approximate surface area is 147 Å². The molecule has 0 fully saturated rings. The molecule has 3 nitrogen and oxygen atoms in total. The van der Waals surface area contributed by atoms with E-state index in [1.165, 1.54) is 45.0 Å². The molecule has 0 spiro atoms. The second-order valence-corrected chi connectivity index (χ2v) is 7.43. The van der Waals surface area contributed by atoms with E-state index in [2.05, 4.69) is 58.5 Å². The first-order chi connectivity index (χ1) is 12.2. The van der Waals surface area contributed by atoms with Crippen LogP contribution in [-0.4, -0.2) is 9.97 Å². The van der Waals surface area contributed by atoms with Crippen LogP contribution < -0.4 is 5.73 Å². The lowest BCUT2D eigenvalue weighted by atomic mass is 9.77. The third kappa shape index (κ3) is 2.38. The molecule has 1 aliphatic carbocycles. The van der Waals surface area contributed by atoms with Gasteiger partial charge in [-0.15, -0.1) is 0 Å². The van der Waals surface area contributed by atoms with Crippen molar-refractivity contribution in [2.24, 2.45) is 5.73 Å². The summed E-state index contributed by atoms with van der Waals surface area (Å²) in [6.07, 6.45) is 7.32. The summed E-state index contributed by atoms with van der Waals surface area (Å²) < 4.78 is 0. The summed E-state index contributed by atoms with van der Waals surface area (Å²) >= 11 is 0. The Morgan fingerprint density at radius 2 is 1.96 bits per heavy atom. The fourth-order valence-corrected chi connectivity index (χ4v) is 4.46. The number of rotatable bonds is 3. The molecule has 4 N–H and O–H groups in total. The monoisotopic (exact) mass is 329 g/mol. The smallest absolute Gasteiger partial charge is 0.0568 e. The molecule has 0 saturated heterocycles. The van der Waals surface area contributed by atoms with Gasteiger partial charge >= 0.3 is 0 Å². The highest BCUT2D eigenvalue weighted by molar-refractivity contribution is 5.85. The van der Waals surface area contributed by atoms with Crippen LogP contribution in [0.4, 0.5) is 0 Å². The van der Waals surface area contributed by atoms with Crippen LogP contribution in [0.15, 0.2) is 54.7 Å². The average Bonchev–Trinajstić information content (AvgIpc) is 3.25. The van der Waals surface area contributed by atoms with Crippen LogP contribution in [0.3, 0.4) is 0 Å². The van der Waals surface area contributed by atoms with Crippen LogP contribution in [0.5, 0.6) is 0 Å². The van der Waals surface area contributed by atoms with Gasteiger partial charge in [-0.25, -0.2) is 0 Å². The van der Waals surface area contributed by atoms with Crippen LogP contribution in [0.25, 0.3) is 21.8 Å². The summed E-state index contributed by atoms with van der Waals surface area (Å²) in [5.41, 5.74) is 13.2. The Bertz CT molecular complexity index is 1060. The van der Waals surface area contributed by atoms with Gasteiger partial charge in [-0.05, 0) is 66.8 Å². The van der Waals surface area contributed by atoms with Crippen molar-refractivity contribution in [3.8, 4) is 0 Å². The lowest BCUT2D eigenvalue weighted by Gasteiger charge is -2.34. The van der Waals surface area contributed by atoms with E-state index >= 15 is 0 Å². The zero-order valence-electron chi connectivity index (χ0n) is 14.3. The molecule has 2 aromatic heterocycles. The van der Waals surface area contributed by atoms with Crippen molar-refractivity contribution >= 4 is 21.8 Å². The van der Waals surface area contributed by atoms with E-state index in [0.29, 0.717) is 0 Å². The van der Waals surface area contributed by atoms with Crippen molar-refractivity contribution in [2.45, 2.75) is 37.6 Å². The van der Waals surface area contributed by atoms with Crippen LogP contribution in [-0.2, 0) is 18.4 Å². The highest BCUT2D eigenvalue weighted by Gasteiger charge is 2.34. The van der Waals surface area contributed by atoms with Crippen molar-refractivity contribution in [1.82, 2.24) is 9.97 Å². The summed E-state index contributed by atoms with van der Waals surface area (Å²) in [7, 11) is 0. The number of hydrogen-bond donors (Lipinski definition) is 3.